The number of carbonyl (C=O) groups excluding carboxylic acids is 1. The fourth-order valence-corrected chi connectivity index (χ4v) is 4.21. The first kappa shape index (κ1) is 15.2. The van der Waals surface area contributed by atoms with Gasteiger partial charge in [0.25, 0.3) is 0 Å². The van der Waals surface area contributed by atoms with E-state index in [2.05, 4.69) is 16.9 Å². The van der Waals surface area contributed by atoms with E-state index in [0.29, 0.717) is 11.2 Å². The largest absolute Gasteiger partial charge is 0.355 e. The van der Waals surface area contributed by atoms with Crippen molar-refractivity contribution in [3.63, 3.8) is 0 Å². The zero-order valence-corrected chi connectivity index (χ0v) is 13.0. The van der Waals surface area contributed by atoms with Crippen LogP contribution in [0.2, 0.25) is 0 Å². The molecule has 4 heteroatoms. The quantitative estimate of drug-likeness (QED) is 0.787. The van der Waals surface area contributed by atoms with Gasteiger partial charge in [-0.1, -0.05) is 19.3 Å². The minimum Gasteiger partial charge on any atom is -0.355 e. The highest BCUT2D eigenvalue weighted by molar-refractivity contribution is 8.00. The lowest BCUT2D eigenvalue weighted by Gasteiger charge is -2.35. The van der Waals surface area contributed by atoms with Gasteiger partial charge in [0.1, 0.15) is 0 Å². The minimum atomic E-state index is 0.255. The molecule has 2 fully saturated rings. The van der Waals surface area contributed by atoms with Gasteiger partial charge < -0.3 is 10.6 Å². The maximum atomic E-state index is 12.0. The van der Waals surface area contributed by atoms with Crippen LogP contribution in [-0.4, -0.2) is 36.5 Å². The molecule has 3 nitrogen and oxygen atoms in total. The Labute approximate surface area is 121 Å². The van der Waals surface area contributed by atoms with Gasteiger partial charge in [0.2, 0.25) is 5.91 Å². The van der Waals surface area contributed by atoms with Gasteiger partial charge in [0.05, 0.1) is 0 Å². The maximum Gasteiger partial charge on any atom is 0.220 e. The van der Waals surface area contributed by atoms with Crippen molar-refractivity contribution < 1.29 is 4.79 Å². The van der Waals surface area contributed by atoms with E-state index in [1.165, 1.54) is 38.5 Å². The molecule has 0 aromatic heterocycles. The SMILES string of the molecule is CSC1(CNC(=O)CCC2CCNC2)CCCCC1. The van der Waals surface area contributed by atoms with E-state index in [0.717, 1.165) is 32.0 Å². The summed E-state index contributed by atoms with van der Waals surface area (Å²) in [4.78, 5) is 12.0. The van der Waals surface area contributed by atoms with E-state index in [9.17, 15) is 4.79 Å². The van der Waals surface area contributed by atoms with Crippen LogP contribution in [-0.2, 0) is 4.79 Å². The van der Waals surface area contributed by atoms with Crippen molar-refractivity contribution in [1.82, 2.24) is 10.6 Å². The van der Waals surface area contributed by atoms with Crippen molar-refractivity contribution in [3.05, 3.63) is 0 Å². The van der Waals surface area contributed by atoms with Crippen LogP contribution in [0.1, 0.15) is 51.4 Å². The molecule has 1 amide bonds. The van der Waals surface area contributed by atoms with Crippen molar-refractivity contribution in [2.24, 2.45) is 5.92 Å². The predicted molar refractivity (Wildman–Crippen MR) is 82.6 cm³/mol. The van der Waals surface area contributed by atoms with Gasteiger partial charge in [-0.05, 0) is 50.9 Å². The van der Waals surface area contributed by atoms with Crippen LogP contribution in [0.4, 0.5) is 0 Å². The normalized spacial score (nSPS) is 26.3. The lowest BCUT2D eigenvalue weighted by atomic mass is 9.88. The Morgan fingerprint density at radius 2 is 2.16 bits per heavy atom. The smallest absolute Gasteiger partial charge is 0.220 e. The summed E-state index contributed by atoms with van der Waals surface area (Å²) in [6.45, 7) is 3.10. The van der Waals surface area contributed by atoms with Gasteiger partial charge in [-0.15, -0.1) is 0 Å². The Balaban J connectivity index is 1.66. The van der Waals surface area contributed by atoms with Crippen molar-refractivity contribution in [2.45, 2.75) is 56.1 Å². The molecule has 1 heterocycles. The van der Waals surface area contributed by atoms with Crippen LogP contribution in [0.15, 0.2) is 0 Å². The lowest BCUT2D eigenvalue weighted by molar-refractivity contribution is -0.121. The third-order valence-electron chi connectivity index (χ3n) is 4.75. The van der Waals surface area contributed by atoms with E-state index in [-0.39, 0.29) is 5.91 Å². The first-order chi connectivity index (χ1) is 9.24. The summed E-state index contributed by atoms with van der Waals surface area (Å²) >= 11 is 1.95. The molecule has 1 aliphatic heterocycles. The number of nitrogens with one attached hydrogen (secondary N) is 2. The summed E-state index contributed by atoms with van der Waals surface area (Å²) in [5.41, 5.74) is 0. The number of carbonyl (C=O) groups is 1. The summed E-state index contributed by atoms with van der Waals surface area (Å²) < 4.78 is 0.322. The van der Waals surface area contributed by atoms with Crippen LogP contribution in [0.25, 0.3) is 0 Å². The number of rotatable bonds is 6. The third kappa shape index (κ3) is 4.67. The van der Waals surface area contributed by atoms with E-state index >= 15 is 0 Å². The Kier molecular flexibility index (Phi) is 6.02. The molecule has 1 saturated carbocycles. The topological polar surface area (TPSA) is 41.1 Å². The Hall–Kier alpha value is -0.220. The highest BCUT2D eigenvalue weighted by Crippen LogP contribution is 2.37. The highest BCUT2D eigenvalue weighted by Gasteiger charge is 2.31. The molecular formula is C15H28N2OS. The van der Waals surface area contributed by atoms with Gasteiger partial charge >= 0.3 is 0 Å². The lowest BCUT2D eigenvalue weighted by Crippen LogP contribution is -2.41. The zero-order valence-electron chi connectivity index (χ0n) is 12.2. The van der Waals surface area contributed by atoms with Crippen molar-refractivity contribution >= 4 is 17.7 Å². The van der Waals surface area contributed by atoms with E-state index < -0.39 is 0 Å². The van der Waals surface area contributed by atoms with Crippen LogP contribution in [0.3, 0.4) is 0 Å². The van der Waals surface area contributed by atoms with E-state index in [4.69, 9.17) is 0 Å². The zero-order chi connectivity index (χ0) is 13.6. The van der Waals surface area contributed by atoms with Crippen LogP contribution < -0.4 is 10.6 Å². The van der Waals surface area contributed by atoms with Gasteiger partial charge in [0.15, 0.2) is 0 Å². The summed E-state index contributed by atoms with van der Waals surface area (Å²) in [6, 6.07) is 0. The van der Waals surface area contributed by atoms with Gasteiger partial charge in [0, 0.05) is 17.7 Å². The van der Waals surface area contributed by atoms with Crippen LogP contribution >= 0.6 is 11.8 Å². The molecule has 2 N–H and O–H groups in total. The molecule has 1 atom stereocenters. The number of hydrogen-bond acceptors (Lipinski definition) is 3. The molecular weight excluding hydrogens is 256 g/mol. The molecule has 1 saturated heterocycles. The molecule has 1 unspecified atom stereocenters. The van der Waals surface area contributed by atoms with Gasteiger partial charge in [-0.2, -0.15) is 11.8 Å². The summed E-state index contributed by atoms with van der Waals surface area (Å²) in [7, 11) is 0. The van der Waals surface area contributed by atoms with Crippen LogP contribution in [0, 0.1) is 5.92 Å². The first-order valence-electron chi connectivity index (χ1n) is 7.77. The number of hydrogen-bond donors (Lipinski definition) is 2. The van der Waals surface area contributed by atoms with Crippen molar-refractivity contribution in [3.8, 4) is 0 Å². The molecule has 110 valence electrons. The fraction of sp³-hybridized carbons (Fsp3) is 0.933. The monoisotopic (exact) mass is 284 g/mol. The molecule has 1 aliphatic carbocycles. The molecule has 0 aromatic rings. The van der Waals surface area contributed by atoms with E-state index in [1.54, 1.807) is 0 Å². The molecule has 0 bridgehead atoms. The summed E-state index contributed by atoms with van der Waals surface area (Å²) in [6.07, 6.45) is 11.7. The van der Waals surface area contributed by atoms with Crippen LogP contribution in [0.5, 0.6) is 0 Å². The predicted octanol–water partition coefficient (Wildman–Crippen LogP) is 2.56. The molecule has 2 rings (SSSR count). The third-order valence-corrected chi connectivity index (χ3v) is 6.17. The van der Waals surface area contributed by atoms with E-state index in [1.807, 2.05) is 11.8 Å². The van der Waals surface area contributed by atoms with Crippen molar-refractivity contribution in [1.29, 1.82) is 0 Å². The summed E-state index contributed by atoms with van der Waals surface area (Å²) in [5, 5.41) is 6.55. The van der Waals surface area contributed by atoms with Crippen molar-refractivity contribution in [2.75, 3.05) is 25.9 Å². The second kappa shape index (κ2) is 7.53. The second-order valence-electron chi connectivity index (χ2n) is 6.12. The fourth-order valence-electron chi connectivity index (χ4n) is 3.29. The highest BCUT2D eigenvalue weighted by atomic mass is 32.2. The number of thioether (sulfide) groups is 1. The first-order valence-corrected chi connectivity index (χ1v) is 8.99. The Bertz CT molecular complexity index is 284. The maximum absolute atomic E-state index is 12.0. The van der Waals surface area contributed by atoms with Gasteiger partial charge in [-0.3, -0.25) is 4.79 Å². The molecule has 0 radical (unpaired) electrons. The average molecular weight is 284 g/mol. The summed E-state index contributed by atoms with van der Waals surface area (Å²) in [5.74, 6) is 0.973. The Morgan fingerprint density at radius 3 is 2.79 bits per heavy atom. The molecule has 19 heavy (non-hydrogen) atoms. The number of amides is 1. The molecule has 0 spiro atoms. The second-order valence-corrected chi connectivity index (χ2v) is 7.40. The molecule has 0 aromatic carbocycles. The minimum absolute atomic E-state index is 0.255. The average Bonchev–Trinajstić information content (AvgIpc) is 2.97. The molecule has 2 aliphatic rings. The Morgan fingerprint density at radius 1 is 1.37 bits per heavy atom. The standard InChI is InChI=1S/C15H28N2OS/c1-19-15(8-3-2-4-9-15)12-17-14(18)6-5-13-7-10-16-11-13/h13,16H,2-12H2,1H3,(H,17,18). The van der Waals surface area contributed by atoms with Gasteiger partial charge in [-0.25, -0.2) is 0 Å².